The average molecular weight is 381 g/mol. The number of halogens is 3. The van der Waals surface area contributed by atoms with E-state index in [9.17, 15) is 22.8 Å². The number of nitrogens with one attached hydrogen (secondary N) is 1. The topological polar surface area (TPSA) is 64.6 Å². The molecule has 27 heavy (non-hydrogen) atoms. The van der Waals surface area contributed by atoms with Crippen molar-refractivity contribution in [1.29, 1.82) is 0 Å². The van der Waals surface area contributed by atoms with Crippen LogP contribution in [0.3, 0.4) is 0 Å². The highest BCUT2D eigenvalue weighted by molar-refractivity contribution is 5.95. The van der Waals surface area contributed by atoms with Crippen LogP contribution < -0.4 is 10.1 Å². The van der Waals surface area contributed by atoms with Crippen molar-refractivity contribution in [2.75, 3.05) is 11.9 Å². The van der Waals surface area contributed by atoms with E-state index >= 15 is 0 Å². The Balaban J connectivity index is 1.84. The van der Waals surface area contributed by atoms with E-state index in [0.717, 1.165) is 29.8 Å². The second-order valence-corrected chi connectivity index (χ2v) is 5.97. The normalized spacial score (nSPS) is 11.2. The standard InChI is InChI=1S/C19H18F3NO4/c1-12(2)13-3-7-15(8-4-13)23-17(24)11-26-18(25)14-5-9-16(10-6-14)27-19(20,21)22/h3-10,12H,11H2,1-2H3,(H,23,24). The second kappa shape index (κ2) is 8.57. The number of hydrogen-bond donors (Lipinski definition) is 1. The SMILES string of the molecule is CC(C)c1ccc(NC(=O)COC(=O)c2ccc(OC(F)(F)F)cc2)cc1. The smallest absolute Gasteiger partial charge is 0.452 e. The number of ether oxygens (including phenoxy) is 2. The highest BCUT2D eigenvalue weighted by atomic mass is 19.4. The summed E-state index contributed by atoms with van der Waals surface area (Å²) in [7, 11) is 0. The molecule has 0 saturated heterocycles. The number of amides is 1. The third kappa shape index (κ3) is 6.65. The summed E-state index contributed by atoms with van der Waals surface area (Å²) >= 11 is 0. The molecule has 8 heteroatoms. The van der Waals surface area contributed by atoms with E-state index in [2.05, 4.69) is 23.9 Å². The van der Waals surface area contributed by atoms with Crippen molar-refractivity contribution in [3.05, 3.63) is 59.7 Å². The van der Waals surface area contributed by atoms with E-state index in [1.165, 1.54) is 0 Å². The van der Waals surface area contributed by atoms with E-state index in [1.807, 2.05) is 12.1 Å². The van der Waals surface area contributed by atoms with E-state index in [-0.39, 0.29) is 5.56 Å². The fourth-order valence-electron chi connectivity index (χ4n) is 2.16. The molecule has 0 bridgehead atoms. The number of esters is 1. The van der Waals surface area contributed by atoms with E-state index in [0.29, 0.717) is 11.6 Å². The van der Waals surface area contributed by atoms with Crippen LogP contribution >= 0.6 is 0 Å². The van der Waals surface area contributed by atoms with Gasteiger partial charge in [0.05, 0.1) is 5.56 Å². The van der Waals surface area contributed by atoms with E-state index < -0.39 is 30.6 Å². The van der Waals surface area contributed by atoms with Crippen LogP contribution in [0.5, 0.6) is 5.75 Å². The molecule has 5 nitrogen and oxygen atoms in total. The molecule has 1 N–H and O–H groups in total. The van der Waals surface area contributed by atoms with Crippen LogP contribution in [-0.2, 0) is 9.53 Å². The summed E-state index contributed by atoms with van der Waals surface area (Å²) in [5, 5.41) is 2.59. The fraction of sp³-hybridized carbons (Fsp3) is 0.263. The molecule has 2 aromatic rings. The van der Waals surface area contributed by atoms with Gasteiger partial charge in [0.25, 0.3) is 5.91 Å². The minimum absolute atomic E-state index is 0.00129. The molecule has 0 radical (unpaired) electrons. The van der Waals surface area contributed by atoms with Gasteiger partial charge < -0.3 is 14.8 Å². The molecule has 2 aromatic carbocycles. The van der Waals surface area contributed by atoms with Gasteiger partial charge in [-0.1, -0.05) is 26.0 Å². The molecule has 0 aromatic heterocycles. The van der Waals surface area contributed by atoms with Gasteiger partial charge in [-0.05, 0) is 47.9 Å². The minimum atomic E-state index is -4.81. The summed E-state index contributed by atoms with van der Waals surface area (Å²) < 4.78 is 44.8. The maximum Gasteiger partial charge on any atom is 0.573 e. The zero-order chi connectivity index (χ0) is 20.0. The van der Waals surface area contributed by atoms with Crippen molar-refractivity contribution in [2.45, 2.75) is 26.1 Å². The lowest BCUT2D eigenvalue weighted by Crippen LogP contribution is -2.21. The fourth-order valence-corrected chi connectivity index (χ4v) is 2.16. The highest BCUT2D eigenvalue weighted by Gasteiger charge is 2.31. The van der Waals surface area contributed by atoms with Gasteiger partial charge in [-0.25, -0.2) is 4.79 Å². The molecule has 0 atom stereocenters. The van der Waals surface area contributed by atoms with Crippen LogP contribution in [0.1, 0.15) is 35.7 Å². The Morgan fingerprint density at radius 1 is 1.00 bits per heavy atom. The molecule has 2 rings (SSSR count). The number of benzene rings is 2. The van der Waals surface area contributed by atoms with Gasteiger partial charge in [0.2, 0.25) is 0 Å². The number of hydrogen-bond acceptors (Lipinski definition) is 4. The lowest BCUT2D eigenvalue weighted by Gasteiger charge is -2.10. The van der Waals surface area contributed by atoms with Gasteiger partial charge in [-0.15, -0.1) is 13.2 Å². The van der Waals surface area contributed by atoms with Crippen LogP contribution in [0.4, 0.5) is 18.9 Å². The Morgan fingerprint density at radius 3 is 2.11 bits per heavy atom. The first-order valence-electron chi connectivity index (χ1n) is 8.07. The zero-order valence-electron chi connectivity index (χ0n) is 14.7. The Kier molecular flexibility index (Phi) is 6.44. The van der Waals surface area contributed by atoms with Gasteiger partial charge in [0, 0.05) is 5.69 Å². The zero-order valence-corrected chi connectivity index (χ0v) is 14.7. The monoisotopic (exact) mass is 381 g/mol. The van der Waals surface area contributed by atoms with Crippen molar-refractivity contribution in [2.24, 2.45) is 0 Å². The molecule has 0 saturated carbocycles. The number of carbonyl (C=O) groups excluding carboxylic acids is 2. The van der Waals surface area contributed by atoms with Crippen molar-refractivity contribution in [3.8, 4) is 5.75 Å². The average Bonchev–Trinajstić information content (AvgIpc) is 2.59. The summed E-state index contributed by atoms with van der Waals surface area (Å²) in [4.78, 5) is 23.7. The molecule has 0 unspecified atom stereocenters. The molecule has 144 valence electrons. The first-order chi connectivity index (χ1) is 12.6. The van der Waals surface area contributed by atoms with Crippen LogP contribution in [0.25, 0.3) is 0 Å². The highest BCUT2D eigenvalue weighted by Crippen LogP contribution is 2.23. The van der Waals surface area contributed by atoms with Gasteiger partial charge in [0.1, 0.15) is 5.75 Å². The van der Waals surface area contributed by atoms with E-state index in [4.69, 9.17) is 4.74 Å². The Hall–Kier alpha value is -3.03. The van der Waals surface area contributed by atoms with Crippen LogP contribution in [0.2, 0.25) is 0 Å². The third-order valence-corrected chi connectivity index (χ3v) is 3.52. The largest absolute Gasteiger partial charge is 0.573 e. The first kappa shape index (κ1) is 20.3. The van der Waals surface area contributed by atoms with Crippen LogP contribution in [-0.4, -0.2) is 24.8 Å². The molecule has 1 amide bonds. The summed E-state index contributed by atoms with van der Waals surface area (Å²) in [6, 6.07) is 11.5. The second-order valence-electron chi connectivity index (χ2n) is 5.97. The molecular formula is C19H18F3NO4. The van der Waals surface area contributed by atoms with Crippen molar-refractivity contribution >= 4 is 17.6 Å². The number of rotatable bonds is 6. The lowest BCUT2D eigenvalue weighted by atomic mass is 10.0. The summed E-state index contributed by atoms with van der Waals surface area (Å²) in [6.07, 6.45) is -4.81. The molecule has 0 spiro atoms. The van der Waals surface area contributed by atoms with Crippen LogP contribution in [0, 0.1) is 0 Å². The van der Waals surface area contributed by atoms with Gasteiger partial charge >= 0.3 is 12.3 Å². The summed E-state index contributed by atoms with van der Waals surface area (Å²) in [5.41, 5.74) is 1.69. The molecule has 0 heterocycles. The predicted octanol–water partition coefficient (Wildman–Crippen LogP) is 4.50. The predicted molar refractivity (Wildman–Crippen MR) is 92.6 cm³/mol. The molecule has 0 aliphatic carbocycles. The van der Waals surface area contributed by atoms with Gasteiger partial charge in [0.15, 0.2) is 6.61 Å². The van der Waals surface area contributed by atoms with Crippen molar-refractivity contribution < 1.29 is 32.2 Å². The summed E-state index contributed by atoms with van der Waals surface area (Å²) in [5.74, 6) is -1.46. The summed E-state index contributed by atoms with van der Waals surface area (Å²) in [6.45, 7) is 3.58. The van der Waals surface area contributed by atoms with Crippen molar-refractivity contribution in [3.63, 3.8) is 0 Å². The Morgan fingerprint density at radius 2 is 1.59 bits per heavy atom. The number of carbonyl (C=O) groups is 2. The van der Waals surface area contributed by atoms with Crippen LogP contribution in [0.15, 0.2) is 48.5 Å². The minimum Gasteiger partial charge on any atom is -0.452 e. The molecule has 0 fully saturated rings. The maximum atomic E-state index is 12.1. The number of anilines is 1. The van der Waals surface area contributed by atoms with Gasteiger partial charge in [-0.2, -0.15) is 0 Å². The third-order valence-electron chi connectivity index (χ3n) is 3.52. The maximum absolute atomic E-state index is 12.1. The van der Waals surface area contributed by atoms with E-state index in [1.54, 1.807) is 12.1 Å². The lowest BCUT2D eigenvalue weighted by molar-refractivity contribution is -0.274. The van der Waals surface area contributed by atoms with Gasteiger partial charge in [-0.3, -0.25) is 4.79 Å². The number of alkyl halides is 3. The quantitative estimate of drug-likeness (QED) is 0.748. The van der Waals surface area contributed by atoms with Crippen molar-refractivity contribution in [1.82, 2.24) is 0 Å². The molecule has 0 aliphatic heterocycles. The molecule has 0 aliphatic rings. The molecular weight excluding hydrogens is 363 g/mol. The first-order valence-corrected chi connectivity index (χ1v) is 8.07. The Labute approximate surface area is 154 Å². The Bertz CT molecular complexity index is 784.